The quantitative estimate of drug-likeness (QED) is 0.526. The van der Waals surface area contributed by atoms with Crippen LogP contribution < -0.4 is 15.5 Å². The molecule has 19 heavy (non-hydrogen) atoms. The molecule has 0 fully saturated rings. The summed E-state index contributed by atoms with van der Waals surface area (Å²) in [4.78, 5) is 14.4. The van der Waals surface area contributed by atoms with Gasteiger partial charge in [0, 0.05) is 20.6 Å². The van der Waals surface area contributed by atoms with E-state index in [1.807, 2.05) is 21.0 Å². The maximum atomic E-state index is 9.28. The summed E-state index contributed by atoms with van der Waals surface area (Å²) in [5, 5.41) is 24.5. The van der Waals surface area contributed by atoms with Gasteiger partial charge in [-0.15, -0.1) is 0 Å². The van der Waals surface area contributed by atoms with Crippen LogP contribution in [0.2, 0.25) is 0 Å². The highest BCUT2D eigenvalue weighted by Crippen LogP contribution is 2.15. The number of aliphatic hydroxyl groups excluding tert-OH is 2. The average molecular weight is 270 g/mol. The van der Waals surface area contributed by atoms with Crippen LogP contribution >= 0.6 is 0 Å². The van der Waals surface area contributed by atoms with Gasteiger partial charge in [-0.25, -0.2) is 0 Å². The van der Waals surface area contributed by atoms with Gasteiger partial charge in [-0.2, -0.15) is 15.0 Å². The lowest BCUT2D eigenvalue weighted by molar-refractivity contribution is 0.147. The Morgan fingerprint density at radius 1 is 1.11 bits per heavy atom. The highest BCUT2D eigenvalue weighted by molar-refractivity contribution is 5.44. The summed E-state index contributed by atoms with van der Waals surface area (Å²) in [6.45, 7) is 3.84. The molecule has 1 heterocycles. The lowest BCUT2D eigenvalue weighted by Crippen LogP contribution is -2.43. The van der Waals surface area contributed by atoms with Crippen LogP contribution in [-0.2, 0) is 0 Å². The zero-order valence-electron chi connectivity index (χ0n) is 11.8. The molecule has 0 spiro atoms. The monoisotopic (exact) mass is 270 g/mol. The molecule has 0 aliphatic rings. The summed E-state index contributed by atoms with van der Waals surface area (Å²) >= 11 is 0. The lowest BCUT2D eigenvalue weighted by Gasteiger charge is -2.26. The molecule has 0 radical (unpaired) electrons. The minimum absolute atomic E-state index is 0.233. The molecule has 0 atom stereocenters. The number of aromatic nitrogens is 3. The molecule has 1 aromatic rings. The normalized spacial score (nSPS) is 11.3. The Labute approximate surface area is 112 Å². The molecule has 0 saturated carbocycles. The number of hydrogen-bond acceptors (Lipinski definition) is 8. The standard InChI is InChI=1S/C11H22N6O2/c1-5-12-8-13-9(15-10(14-8)17(3)4)16-11(2,6-18)7-19/h18-19H,5-7H2,1-4H3,(H2,12,13,14,15,16). The minimum Gasteiger partial charge on any atom is -0.394 e. The Balaban J connectivity index is 3.05. The Morgan fingerprint density at radius 3 is 2.16 bits per heavy atom. The molecule has 0 saturated heterocycles. The van der Waals surface area contributed by atoms with E-state index in [2.05, 4.69) is 25.6 Å². The van der Waals surface area contributed by atoms with Gasteiger partial charge >= 0.3 is 0 Å². The van der Waals surface area contributed by atoms with Gasteiger partial charge in [0.15, 0.2) is 0 Å². The van der Waals surface area contributed by atoms with E-state index in [0.29, 0.717) is 24.4 Å². The zero-order chi connectivity index (χ0) is 14.5. The minimum atomic E-state index is -0.881. The predicted molar refractivity (Wildman–Crippen MR) is 74.5 cm³/mol. The Bertz CT molecular complexity index is 408. The van der Waals surface area contributed by atoms with Gasteiger partial charge in [-0.1, -0.05) is 0 Å². The van der Waals surface area contributed by atoms with Crippen molar-refractivity contribution in [1.29, 1.82) is 0 Å². The van der Waals surface area contributed by atoms with Crippen LogP contribution in [0, 0.1) is 0 Å². The molecular weight excluding hydrogens is 248 g/mol. The number of aliphatic hydroxyl groups is 2. The fraction of sp³-hybridized carbons (Fsp3) is 0.727. The van der Waals surface area contributed by atoms with Crippen molar-refractivity contribution in [3.05, 3.63) is 0 Å². The second-order valence-electron chi connectivity index (χ2n) is 4.71. The highest BCUT2D eigenvalue weighted by Gasteiger charge is 2.24. The first-order valence-electron chi connectivity index (χ1n) is 6.11. The maximum Gasteiger partial charge on any atom is 0.231 e. The molecule has 0 aliphatic heterocycles. The van der Waals surface area contributed by atoms with E-state index in [1.165, 1.54) is 0 Å². The van der Waals surface area contributed by atoms with Crippen molar-refractivity contribution in [2.24, 2.45) is 0 Å². The number of nitrogens with zero attached hydrogens (tertiary/aromatic N) is 4. The van der Waals surface area contributed by atoms with Gasteiger partial charge in [0.25, 0.3) is 0 Å². The summed E-state index contributed by atoms with van der Waals surface area (Å²) < 4.78 is 0. The fourth-order valence-corrected chi connectivity index (χ4v) is 1.26. The Hall–Kier alpha value is -1.67. The van der Waals surface area contributed by atoms with Crippen molar-refractivity contribution in [2.75, 3.05) is 49.4 Å². The molecule has 0 amide bonds. The van der Waals surface area contributed by atoms with Gasteiger partial charge < -0.3 is 25.7 Å². The zero-order valence-corrected chi connectivity index (χ0v) is 11.8. The average Bonchev–Trinajstić information content (AvgIpc) is 2.38. The van der Waals surface area contributed by atoms with Gasteiger partial charge in [0.05, 0.1) is 18.8 Å². The van der Waals surface area contributed by atoms with Crippen LogP contribution in [0.4, 0.5) is 17.8 Å². The third-order valence-corrected chi connectivity index (χ3v) is 2.47. The van der Waals surface area contributed by atoms with Gasteiger partial charge in [-0.3, -0.25) is 0 Å². The molecular formula is C11H22N6O2. The Morgan fingerprint density at radius 2 is 1.68 bits per heavy atom. The molecule has 1 rings (SSSR count). The van der Waals surface area contributed by atoms with Crippen LogP contribution in [0.25, 0.3) is 0 Å². The number of anilines is 3. The number of nitrogens with one attached hydrogen (secondary N) is 2. The van der Waals surface area contributed by atoms with E-state index in [0.717, 1.165) is 0 Å². The summed E-state index contributed by atoms with van der Waals surface area (Å²) in [6.07, 6.45) is 0. The number of rotatable bonds is 7. The van der Waals surface area contributed by atoms with Crippen LogP contribution in [0.3, 0.4) is 0 Å². The third-order valence-electron chi connectivity index (χ3n) is 2.47. The smallest absolute Gasteiger partial charge is 0.231 e. The summed E-state index contributed by atoms with van der Waals surface area (Å²) in [5.74, 6) is 1.24. The van der Waals surface area contributed by atoms with E-state index < -0.39 is 5.54 Å². The molecule has 8 heteroatoms. The van der Waals surface area contributed by atoms with Crippen LogP contribution in [0.5, 0.6) is 0 Å². The predicted octanol–water partition coefficient (Wildman–Crippen LogP) is -0.475. The highest BCUT2D eigenvalue weighted by atomic mass is 16.3. The van der Waals surface area contributed by atoms with E-state index in [4.69, 9.17) is 0 Å². The molecule has 1 aromatic heterocycles. The molecule has 0 bridgehead atoms. The van der Waals surface area contributed by atoms with E-state index in [1.54, 1.807) is 11.8 Å². The molecule has 0 aliphatic carbocycles. The molecule has 8 nitrogen and oxygen atoms in total. The van der Waals surface area contributed by atoms with Crippen molar-refractivity contribution in [3.8, 4) is 0 Å². The first kappa shape index (κ1) is 15.4. The van der Waals surface area contributed by atoms with Gasteiger partial charge in [0.1, 0.15) is 0 Å². The fourth-order valence-electron chi connectivity index (χ4n) is 1.26. The van der Waals surface area contributed by atoms with Crippen molar-refractivity contribution < 1.29 is 10.2 Å². The van der Waals surface area contributed by atoms with Gasteiger partial charge in [0.2, 0.25) is 17.8 Å². The van der Waals surface area contributed by atoms with Crippen molar-refractivity contribution >= 4 is 17.8 Å². The second kappa shape index (κ2) is 6.48. The van der Waals surface area contributed by atoms with Crippen LogP contribution in [-0.4, -0.2) is 64.6 Å². The van der Waals surface area contributed by atoms with Gasteiger partial charge in [-0.05, 0) is 13.8 Å². The first-order valence-corrected chi connectivity index (χ1v) is 6.11. The summed E-state index contributed by atoms with van der Waals surface area (Å²) in [7, 11) is 3.65. The lowest BCUT2D eigenvalue weighted by atomic mass is 10.1. The van der Waals surface area contributed by atoms with Crippen LogP contribution in [0.15, 0.2) is 0 Å². The van der Waals surface area contributed by atoms with Crippen molar-refractivity contribution in [3.63, 3.8) is 0 Å². The molecule has 0 unspecified atom stereocenters. The van der Waals surface area contributed by atoms with Crippen molar-refractivity contribution in [1.82, 2.24) is 15.0 Å². The SMILES string of the molecule is CCNc1nc(NC(C)(CO)CO)nc(N(C)C)n1. The largest absolute Gasteiger partial charge is 0.394 e. The summed E-state index contributed by atoms with van der Waals surface area (Å²) in [6, 6.07) is 0. The van der Waals surface area contributed by atoms with Crippen molar-refractivity contribution in [2.45, 2.75) is 19.4 Å². The number of hydrogen-bond donors (Lipinski definition) is 4. The first-order chi connectivity index (χ1) is 8.94. The Kier molecular flexibility index (Phi) is 5.25. The van der Waals surface area contributed by atoms with E-state index in [-0.39, 0.29) is 13.2 Å². The maximum absolute atomic E-state index is 9.28. The molecule has 108 valence electrons. The van der Waals surface area contributed by atoms with E-state index in [9.17, 15) is 10.2 Å². The van der Waals surface area contributed by atoms with Crippen LogP contribution in [0.1, 0.15) is 13.8 Å². The molecule has 0 aromatic carbocycles. The topological polar surface area (TPSA) is 106 Å². The third kappa shape index (κ3) is 4.18. The second-order valence-corrected chi connectivity index (χ2v) is 4.71. The summed E-state index contributed by atoms with van der Waals surface area (Å²) in [5.41, 5.74) is -0.881. The van der Waals surface area contributed by atoms with E-state index >= 15 is 0 Å². The molecule has 4 N–H and O–H groups in total.